The fourth-order valence-electron chi connectivity index (χ4n) is 4.38. The summed E-state index contributed by atoms with van der Waals surface area (Å²) in [6, 6.07) is 14.9. The second-order valence-electron chi connectivity index (χ2n) is 8.02. The first-order valence-corrected chi connectivity index (χ1v) is 11.4. The van der Waals surface area contributed by atoms with Crippen molar-refractivity contribution in [2.24, 2.45) is 0 Å². The molecule has 1 aromatic heterocycles. The summed E-state index contributed by atoms with van der Waals surface area (Å²) in [6.07, 6.45) is 0.712. The van der Waals surface area contributed by atoms with E-state index in [0.29, 0.717) is 36.8 Å². The lowest BCUT2D eigenvalue weighted by Gasteiger charge is -2.36. The molecule has 1 fully saturated rings. The van der Waals surface area contributed by atoms with E-state index in [1.54, 1.807) is 0 Å². The highest BCUT2D eigenvalue weighted by Gasteiger charge is 2.32. The van der Waals surface area contributed by atoms with Gasteiger partial charge < -0.3 is 15.1 Å². The monoisotopic (exact) mass is 467 g/mol. The second kappa shape index (κ2) is 8.52. The van der Waals surface area contributed by atoms with Crippen molar-refractivity contribution < 1.29 is 9.59 Å². The summed E-state index contributed by atoms with van der Waals surface area (Å²) in [4.78, 5) is 34.2. The molecule has 1 saturated heterocycles. The molecule has 32 heavy (non-hydrogen) atoms. The first kappa shape index (κ1) is 20.9. The van der Waals surface area contributed by atoms with Crippen LogP contribution < -0.4 is 10.2 Å². The van der Waals surface area contributed by atoms with Gasteiger partial charge in [0.05, 0.1) is 5.52 Å². The number of carbonyl (C=O) groups is 2. The summed E-state index contributed by atoms with van der Waals surface area (Å²) in [5.74, 6) is 0.577. The summed E-state index contributed by atoms with van der Waals surface area (Å²) in [5, 5.41) is 4.83. The van der Waals surface area contributed by atoms with Gasteiger partial charge in [-0.3, -0.25) is 9.59 Å². The maximum atomic E-state index is 12.9. The van der Waals surface area contributed by atoms with Gasteiger partial charge in [0, 0.05) is 48.7 Å². The summed E-state index contributed by atoms with van der Waals surface area (Å²) in [5.41, 5.74) is 1.82. The number of aromatic nitrogens is 2. The Morgan fingerprint density at radius 2 is 1.91 bits per heavy atom. The molecule has 0 unspecified atom stereocenters. The van der Waals surface area contributed by atoms with Crippen LogP contribution in [0.25, 0.3) is 10.9 Å². The number of amides is 1. The van der Waals surface area contributed by atoms with E-state index in [9.17, 15) is 9.59 Å². The summed E-state index contributed by atoms with van der Waals surface area (Å²) in [7, 11) is 0. The average molecular weight is 468 g/mol. The highest BCUT2D eigenvalue weighted by atomic mass is 35.5. The molecule has 0 spiro atoms. The SMILES string of the molecule is O=C(CC[C@@H]1Nc2c3ccccc3nc(=S)n2C1=O)N1CCN(c2cccc(Cl)c2)CC1. The van der Waals surface area contributed by atoms with Gasteiger partial charge in [-0.1, -0.05) is 29.8 Å². The smallest absolute Gasteiger partial charge is 0.257 e. The van der Waals surface area contributed by atoms with E-state index in [1.807, 2.05) is 53.4 Å². The summed E-state index contributed by atoms with van der Waals surface area (Å²) >= 11 is 11.4. The van der Waals surface area contributed by atoms with Gasteiger partial charge in [-0.2, -0.15) is 0 Å². The molecule has 164 valence electrons. The van der Waals surface area contributed by atoms with E-state index in [0.717, 1.165) is 29.7 Å². The number of hydrogen-bond donors (Lipinski definition) is 1. The van der Waals surface area contributed by atoms with E-state index in [2.05, 4.69) is 15.2 Å². The summed E-state index contributed by atoms with van der Waals surface area (Å²) in [6.45, 7) is 2.81. The van der Waals surface area contributed by atoms with Gasteiger partial charge in [-0.05, 0) is 49.0 Å². The van der Waals surface area contributed by atoms with Crippen molar-refractivity contribution in [3.05, 3.63) is 58.3 Å². The van der Waals surface area contributed by atoms with Gasteiger partial charge in [0.15, 0.2) is 0 Å². The molecule has 9 heteroatoms. The van der Waals surface area contributed by atoms with E-state index < -0.39 is 6.04 Å². The van der Waals surface area contributed by atoms with Crippen LogP contribution in [0.1, 0.15) is 17.6 Å². The van der Waals surface area contributed by atoms with Crippen LogP contribution in [-0.4, -0.2) is 58.5 Å². The molecule has 0 bridgehead atoms. The zero-order chi connectivity index (χ0) is 22.2. The fourth-order valence-corrected chi connectivity index (χ4v) is 4.84. The van der Waals surface area contributed by atoms with E-state index in [-0.39, 0.29) is 16.6 Å². The van der Waals surface area contributed by atoms with Crippen LogP contribution in [0.3, 0.4) is 0 Å². The molecule has 0 aliphatic carbocycles. The molecule has 1 atom stereocenters. The minimum Gasteiger partial charge on any atom is -0.368 e. The van der Waals surface area contributed by atoms with Gasteiger partial charge in [-0.25, -0.2) is 9.55 Å². The third kappa shape index (κ3) is 3.84. The van der Waals surface area contributed by atoms with Gasteiger partial charge in [-0.15, -0.1) is 0 Å². The predicted octanol–water partition coefficient (Wildman–Crippen LogP) is 3.98. The highest BCUT2D eigenvalue weighted by Crippen LogP contribution is 2.29. The number of rotatable bonds is 4. The van der Waals surface area contributed by atoms with Crippen LogP contribution in [0.4, 0.5) is 11.5 Å². The number of para-hydroxylation sites is 1. The van der Waals surface area contributed by atoms with Gasteiger partial charge in [0.2, 0.25) is 10.7 Å². The third-order valence-corrected chi connectivity index (χ3v) is 6.58. The van der Waals surface area contributed by atoms with Crippen molar-refractivity contribution >= 4 is 58.0 Å². The quantitative estimate of drug-likeness (QED) is 0.585. The minimum atomic E-state index is -0.485. The van der Waals surface area contributed by atoms with Crippen molar-refractivity contribution in [2.75, 3.05) is 36.4 Å². The predicted molar refractivity (Wildman–Crippen MR) is 128 cm³/mol. The largest absolute Gasteiger partial charge is 0.368 e. The van der Waals surface area contributed by atoms with E-state index >= 15 is 0 Å². The molecule has 0 saturated carbocycles. The lowest BCUT2D eigenvalue weighted by atomic mass is 10.1. The lowest BCUT2D eigenvalue weighted by Crippen LogP contribution is -2.49. The number of nitrogens with one attached hydrogen (secondary N) is 1. The summed E-state index contributed by atoms with van der Waals surface area (Å²) < 4.78 is 1.69. The number of hydrogen-bond acceptors (Lipinski definition) is 6. The Bertz CT molecular complexity index is 1270. The van der Waals surface area contributed by atoms with Crippen molar-refractivity contribution in [1.82, 2.24) is 14.5 Å². The molecule has 3 heterocycles. The molecule has 1 amide bonds. The number of benzene rings is 2. The van der Waals surface area contributed by atoms with Crippen LogP contribution in [0.5, 0.6) is 0 Å². The van der Waals surface area contributed by atoms with Crippen molar-refractivity contribution in [2.45, 2.75) is 18.9 Å². The average Bonchev–Trinajstić information content (AvgIpc) is 3.15. The van der Waals surface area contributed by atoms with Crippen molar-refractivity contribution in [1.29, 1.82) is 0 Å². The fraction of sp³-hybridized carbons (Fsp3) is 0.304. The van der Waals surface area contributed by atoms with Crippen LogP contribution >= 0.6 is 23.8 Å². The van der Waals surface area contributed by atoms with Crippen molar-refractivity contribution in [3.8, 4) is 0 Å². The highest BCUT2D eigenvalue weighted by molar-refractivity contribution is 7.71. The number of anilines is 2. The molecular formula is C23H22ClN5O2S. The van der Waals surface area contributed by atoms with E-state index in [4.69, 9.17) is 23.8 Å². The zero-order valence-electron chi connectivity index (χ0n) is 17.3. The molecular weight excluding hydrogens is 446 g/mol. The van der Waals surface area contributed by atoms with Gasteiger partial charge in [0.1, 0.15) is 11.9 Å². The molecule has 7 nitrogen and oxygen atoms in total. The maximum absolute atomic E-state index is 12.9. The number of fused-ring (bicyclic) bond motifs is 3. The number of halogens is 1. The van der Waals surface area contributed by atoms with Crippen LogP contribution in [-0.2, 0) is 4.79 Å². The Hall–Kier alpha value is -2.97. The Labute approximate surface area is 195 Å². The lowest BCUT2D eigenvalue weighted by molar-refractivity contribution is -0.131. The Kier molecular flexibility index (Phi) is 5.57. The zero-order valence-corrected chi connectivity index (χ0v) is 18.9. The van der Waals surface area contributed by atoms with E-state index in [1.165, 1.54) is 4.57 Å². The topological polar surface area (TPSA) is 70.5 Å². The molecule has 1 N–H and O–H groups in total. The number of piperazine rings is 1. The Morgan fingerprint density at radius 3 is 2.69 bits per heavy atom. The second-order valence-corrected chi connectivity index (χ2v) is 8.82. The van der Waals surface area contributed by atoms with Gasteiger partial charge in [0.25, 0.3) is 5.91 Å². The molecule has 2 aliphatic rings. The minimum absolute atomic E-state index is 0.0629. The first-order valence-electron chi connectivity index (χ1n) is 10.6. The van der Waals surface area contributed by atoms with Crippen molar-refractivity contribution in [3.63, 3.8) is 0 Å². The molecule has 0 radical (unpaired) electrons. The van der Waals surface area contributed by atoms with Gasteiger partial charge >= 0.3 is 0 Å². The number of carbonyl (C=O) groups excluding carboxylic acids is 2. The van der Waals surface area contributed by atoms with Crippen LogP contribution in [0.15, 0.2) is 48.5 Å². The first-order chi connectivity index (χ1) is 15.5. The molecule has 5 rings (SSSR count). The Balaban J connectivity index is 1.21. The van der Waals surface area contributed by atoms with Crippen LogP contribution in [0, 0.1) is 4.77 Å². The number of nitrogens with zero attached hydrogens (tertiary/aromatic N) is 4. The van der Waals surface area contributed by atoms with Crippen LogP contribution in [0.2, 0.25) is 5.02 Å². The maximum Gasteiger partial charge on any atom is 0.257 e. The standard InChI is InChI=1S/C23H22ClN5O2S/c24-15-4-3-5-16(14-15)27-10-12-28(13-11-27)20(30)9-8-19-22(31)29-21(25-19)17-6-1-2-7-18(17)26-23(29)32/h1-7,14,19,25H,8-13H2/t19-/m0/s1. The molecule has 3 aromatic rings. The normalized spacial score (nSPS) is 18.0. The molecule has 2 aliphatic heterocycles. The molecule has 2 aromatic carbocycles. The Morgan fingerprint density at radius 1 is 1.12 bits per heavy atom. The third-order valence-electron chi connectivity index (χ3n) is 6.07.